The van der Waals surface area contributed by atoms with E-state index in [1.807, 2.05) is 0 Å². The van der Waals surface area contributed by atoms with Crippen molar-refractivity contribution in [2.75, 3.05) is 11.5 Å². The molecule has 0 radical (unpaired) electrons. The Balaban J connectivity index is 2.12. The Morgan fingerprint density at radius 1 is 1.57 bits per heavy atom. The van der Waals surface area contributed by atoms with Crippen LogP contribution in [-0.4, -0.2) is 29.6 Å². The van der Waals surface area contributed by atoms with Gasteiger partial charge in [-0.2, -0.15) is 4.98 Å². The van der Waals surface area contributed by atoms with Gasteiger partial charge in [0, 0.05) is 6.42 Å². The average molecular weight is 217 g/mol. The lowest BCUT2D eigenvalue weighted by molar-refractivity contribution is 0.376. The predicted octanol–water partition coefficient (Wildman–Crippen LogP) is -0.229. The number of nitrogens with zero attached hydrogens (tertiary/aromatic N) is 2. The summed E-state index contributed by atoms with van der Waals surface area (Å²) in [7, 11) is -2.94. The molecule has 1 aliphatic rings. The summed E-state index contributed by atoms with van der Waals surface area (Å²) in [5.74, 6) is 0.620. The molecule has 2 heterocycles. The molecule has 0 spiro atoms. The molecule has 14 heavy (non-hydrogen) atoms. The van der Waals surface area contributed by atoms with E-state index in [4.69, 9.17) is 10.3 Å². The molecule has 2 N–H and O–H groups in total. The summed E-state index contributed by atoms with van der Waals surface area (Å²) < 4.78 is 27.7. The standard InChI is InChI=1S/C7H11N3O3S/c8-7-9-6(13-10-7)4-5-2-1-3-14(5,11)12/h5H,1-4H2,(H2,8,10). The first-order chi connectivity index (χ1) is 6.58. The van der Waals surface area contributed by atoms with E-state index >= 15 is 0 Å². The second-order valence-corrected chi connectivity index (χ2v) is 5.78. The van der Waals surface area contributed by atoms with Gasteiger partial charge < -0.3 is 10.3 Å². The molecular formula is C7H11N3O3S. The van der Waals surface area contributed by atoms with Gasteiger partial charge in [-0.3, -0.25) is 0 Å². The van der Waals surface area contributed by atoms with Crippen molar-refractivity contribution in [2.45, 2.75) is 24.5 Å². The molecule has 1 unspecified atom stereocenters. The fraction of sp³-hybridized carbons (Fsp3) is 0.714. The van der Waals surface area contributed by atoms with E-state index in [1.54, 1.807) is 0 Å². The van der Waals surface area contributed by atoms with Crippen LogP contribution in [0.4, 0.5) is 5.95 Å². The molecule has 78 valence electrons. The third-order valence-corrected chi connectivity index (χ3v) is 4.62. The zero-order valence-corrected chi connectivity index (χ0v) is 8.33. The van der Waals surface area contributed by atoms with Crippen LogP contribution in [-0.2, 0) is 16.3 Å². The lowest BCUT2D eigenvalue weighted by atomic mass is 10.2. The number of hydrogen-bond acceptors (Lipinski definition) is 6. The van der Waals surface area contributed by atoms with E-state index in [1.165, 1.54) is 0 Å². The highest BCUT2D eigenvalue weighted by molar-refractivity contribution is 7.92. The van der Waals surface area contributed by atoms with Gasteiger partial charge in [-0.05, 0) is 18.0 Å². The normalized spacial score (nSPS) is 25.3. The van der Waals surface area contributed by atoms with Crippen molar-refractivity contribution in [3.63, 3.8) is 0 Å². The van der Waals surface area contributed by atoms with Crippen molar-refractivity contribution in [1.29, 1.82) is 0 Å². The van der Waals surface area contributed by atoms with Gasteiger partial charge in [0.25, 0.3) is 5.95 Å². The maximum atomic E-state index is 11.5. The van der Waals surface area contributed by atoms with Gasteiger partial charge in [0.05, 0.1) is 11.0 Å². The zero-order chi connectivity index (χ0) is 10.2. The van der Waals surface area contributed by atoms with E-state index < -0.39 is 9.84 Å². The van der Waals surface area contributed by atoms with Crippen molar-refractivity contribution < 1.29 is 12.9 Å². The maximum absolute atomic E-state index is 11.5. The van der Waals surface area contributed by atoms with Crippen LogP contribution in [0.15, 0.2) is 4.52 Å². The first-order valence-corrected chi connectivity index (χ1v) is 6.09. The summed E-state index contributed by atoms with van der Waals surface area (Å²) in [5, 5.41) is 3.03. The molecule has 0 aromatic carbocycles. The molecule has 1 saturated heterocycles. The number of aromatic nitrogens is 2. The topological polar surface area (TPSA) is 99.1 Å². The summed E-state index contributed by atoms with van der Waals surface area (Å²) in [6.45, 7) is 0. The molecule has 1 aliphatic heterocycles. The van der Waals surface area contributed by atoms with E-state index in [2.05, 4.69) is 10.1 Å². The third kappa shape index (κ3) is 1.72. The smallest absolute Gasteiger partial charge is 0.260 e. The van der Waals surface area contributed by atoms with Crippen LogP contribution in [0.1, 0.15) is 18.7 Å². The summed E-state index contributed by atoms with van der Waals surface area (Å²) in [6, 6.07) is 0. The minimum absolute atomic E-state index is 0.0513. The van der Waals surface area contributed by atoms with Gasteiger partial charge >= 0.3 is 0 Å². The van der Waals surface area contributed by atoms with Crippen LogP contribution in [0.25, 0.3) is 0 Å². The highest BCUT2D eigenvalue weighted by Crippen LogP contribution is 2.23. The zero-order valence-electron chi connectivity index (χ0n) is 7.51. The number of sulfone groups is 1. The third-order valence-electron chi connectivity index (χ3n) is 2.35. The van der Waals surface area contributed by atoms with Crippen molar-refractivity contribution >= 4 is 15.8 Å². The Kier molecular flexibility index (Phi) is 2.18. The Labute approximate surface area is 81.4 Å². The van der Waals surface area contributed by atoms with E-state index in [9.17, 15) is 8.42 Å². The molecule has 0 aliphatic carbocycles. The predicted molar refractivity (Wildman–Crippen MR) is 49.2 cm³/mol. The summed E-state index contributed by atoms with van der Waals surface area (Å²) in [4.78, 5) is 3.78. The summed E-state index contributed by atoms with van der Waals surface area (Å²) in [5.41, 5.74) is 5.26. The molecule has 0 bridgehead atoms. The van der Waals surface area contributed by atoms with Crippen molar-refractivity contribution in [2.24, 2.45) is 0 Å². The molecule has 7 heteroatoms. The molecule has 6 nitrogen and oxygen atoms in total. The van der Waals surface area contributed by atoms with Crippen LogP contribution in [0.5, 0.6) is 0 Å². The van der Waals surface area contributed by atoms with Crippen molar-refractivity contribution in [3.05, 3.63) is 5.89 Å². The fourth-order valence-corrected chi connectivity index (χ4v) is 3.46. The Morgan fingerprint density at radius 3 is 2.86 bits per heavy atom. The second-order valence-electron chi connectivity index (χ2n) is 3.38. The molecule has 1 fully saturated rings. The van der Waals surface area contributed by atoms with Crippen LogP contribution in [0, 0.1) is 0 Å². The molecule has 1 aromatic heterocycles. The van der Waals surface area contributed by atoms with E-state index in [0.717, 1.165) is 6.42 Å². The van der Waals surface area contributed by atoms with Crippen LogP contribution in [0.2, 0.25) is 0 Å². The minimum atomic E-state index is -2.94. The number of hydrogen-bond donors (Lipinski definition) is 1. The van der Waals surface area contributed by atoms with Gasteiger partial charge in [-0.1, -0.05) is 0 Å². The first kappa shape index (κ1) is 9.45. The number of anilines is 1. The molecule has 0 saturated carbocycles. The molecular weight excluding hydrogens is 206 g/mol. The molecule has 1 atom stereocenters. The van der Waals surface area contributed by atoms with Crippen LogP contribution < -0.4 is 5.73 Å². The first-order valence-electron chi connectivity index (χ1n) is 4.37. The number of nitrogen functional groups attached to an aromatic ring is 1. The largest absolute Gasteiger partial charge is 0.365 e. The summed E-state index contributed by atoms with van der Waals surface area (Å²) in [6.07, 6.45) is 1.67. The lowest BCUT2D eigenvalue weighted by Gasteiger charge is -2.04. The SMILES string of the molecule is Nc1noc(CC2CCCS2(=O)=O)n1. The molecule has 0 amide bonds. The van der Waals surface area contributed by atoms with Crippen LogP contribution in [0.3, 0.4) is 0 Å². The average Bonchev–Trinajstić information content (AvgIpc) is 2.61. The Bertz CT molecular complexity index is 425. The highest BCUT2D eigenvalue weighted by Gasteiger charge is 2.32. The second kappa shape index (κ2) is 3.23. The highest BCUT2D eigenvalue weighted by atomic mass is 32.2. The van der Waals surface area contributed by atoms with Crippen LogP contribution >= 0.6 is 0 Å². The quantitative estimate of drug-likeness (QED) is 0.734. The van der Waals surface area contributed by atoms with Gasteiger partial charge in [-0.15, -0.1) is 0 Å². The van der Waals surface area contributed by atoms with Gasteiger partial charge in [0.2, 0.25) is 5.89 Å². The van der Waals surface area contributed by atoms with E-state index in [-0.39, 0.29) is 23.4 Å². The minimum Gasteiger partial charge on any atom is -0.365 e. The van der Waals surface area contributed by atoms with Gasteiger partial charge in [-0.25, -0.2) is 8.42 Å². The fourth-order valence-electron chi connectivity index (χ4n) is 1.63. The molecule has 2 rings (SSSR count). The number of nitrogens with two attached hydrogens (primary N) is 1. The van der Waals surface area contributed by atoms with E-state index in [0.29, 0.717) is 12.3 Å². The summed E-state index contributed by atoms with van der Waals surface area (Å²) >= 11 is 0. The Morgan fingerprint density at radius 2 is 2.36 bits per heavy atom. The van der Waals surface area contributed by atoms with Gasteiger partial charge in [0.1, 0.15) is 0 Å². The lowest BCUT2D eigenvalue weighted by Crippen LogP contribution is -2.18. The Hall–Kier alpha value is -1.11. The number of rotatable bonds is 2. The van der Waals surface area contributed by atoms with Gasteiger partial charge in [0.15, 0.2) is 9.84 Å². The maximum Gasteiger partial charge on any atom is 0.260 e. The van der Waals surface area contributed by atoms with Crippen molar-refractivity contribution in [1.82, 2.24) is 10.1 Å². The molecule has 1 aromatic rings. The van der Waals surface area contributed by atoms with Crippen molar-refractivity contribution in [3.8, 4) is 0 Å². The monoisotopic (exact) mass is 217 g/mol.